The van der Waals surface area contributed by atoms with Gasteiger partial charge in [0.25, 0.3) is 5.91 Å². The summed E-state index contributed by atoms with van der Waals surface area (Å²) in [4.78, 5) is 27.2. The summed E-state index contributed by atoms with van der Waals surface area (Å²) < 4.78 is 5.63. The first-order valence-electron chi connectivity index (χ1n) is 11.1. The molecular formula is C27H27N3O4. The molecule has 174 valence electrons. The van der Waals surface area contributed by atoms with E-state index in [1.165, 1.54) is 0 Å². The number of rotatable bonds is 10. The maximum Gasteiger partial charge on any atom is 0.321 e. The maximum atomic E-state index is 12.2. The molecular weight excluding hydrogens is 430 g/mol. The van der Waals surface area contributed by atoms with Gasteiger partial charge in [-0.05, 0) is 48.4 Å². The van der Waals surface area contributed by atoms with E-state index in [-0.39, 0.29) is 12.5 Å². The van der Waals surface area contributed by atoms with Crippen molar-refractivity contribution >= 4 is 28.5 Å². The number of carbonyl (C=O) groups excluding carboxylic acids is 1. The Balaban J connectivity index is 1.32. The number of hydrogen-bond donors (Lipinski definition) is 4. The number of carboxylic acid groups (broad SMARTS) is 1. The molecule has 0 saturated heterocycles. The highest BCUT2D eigenvalue weighted by Crippen LogP contribution is 2.20. The molecule has 34 heavy (non-hydrogen) atoms. The van der Waals surface area contributed by atoms with Gasteiger partial charge in [-0.15, -0.1) is 0 Å². The van der Waals surface area contributed by atoms with E-state index in [4.69, 9.17) is 4.74 Å². The summed E-state index contributed by atoms with van der Waals surface area (Å²) in [6.07, 6.45) is 2.22. The van der Waals surface area contributed by atoms with Gasteiger partial charge in [0.1, 0.15) is 11.8 Å². The fraction of sp³-hybridized carbons (Fsp3) is 0.185. The highest BCUT2D eigenvalue weighted by Gasteiger charge is 2.19. The van der Waals surface area contributed by atoms with E-state index in [0.29, 0.717) is 24.4 Å². The summed E-state index contributed by atoms with van der Waals surface area (Å²) in [5.74, 6) is -0.621. The van der Waals surface area contributed by atoms with Crippen LogP contribution in [0.1, 0.15) is 16.7 Å². The van der Waals surface area contributed by atoms with E-state index in [2.05, 4.69) is 15.6 Å². The number of H-pyrrole nitrogens is 1. The van der Waals surface area contributed by atoms with Crippen LogP contribution in [-0.4, -0.2) is 34.6 Å². The van der Waals surface area contributed by atoms with E-state index >= 15 is 0 Å². The Kier molecular flexibility index (Phi) is 7.25. The molecule has 0 aliphatic heterocycles. The van der Waals surface area contributed by atoms with Gasteiger partial charge in [0.05, 0.1) is 0 Å². The molecule has 0 unspecified atom stereocenters. The predicted molar refractivity (Wildman–Crippen MR) is 132 cm³/mol. The second-order valence-electron chi connectivity index (χ2n) is 8.19. The number of nitrogens with one attached hydrogen (secondary N) is 3. The molecule has 4 aromatic rings. The van der Waals surface area contributed by atoms with Gasteiger partial charge in [0, 0.05) is 35.8 Å². The number of ether oxygens (including phenoxy) is 1. The smallest absolute Gasteiger partial charge is 0.321 e. The first-order valence-corrected chi connectivity index (χ1v) is 11.1. The molecule has 0 radical (unpaired) electrons. The summed E-state index contributed by atoms with van der Waals surface area (Å²) in [5.41, 5.74) is 4.63. The SMILES string of the molecule is Cc1ccc(NC(=O)COc2cccc(CN[C@H](Cc3c[nH]c4ccccc34)C(=O)O)c2)cc1. The van der Waals surface area contributed by atoms with Crippen molar-refractivity contribution in [3.05, 3.63) is 95.7 Å². The van der Waals surface area contributed by atoms with E-state index in [9.17, 15) is 14.7 Å². The topological polar surface area (TPSA) is 103 Å². The van der Waals surface area contributed by atoms with Crippen molar-refractivity contribution in [3.8, 4) is 5.75 Å². The Morgan fingerprint density at radius 2 is 1.82 bits per heavy atom. The standard InChI is InChI=1S/C27H27N3O4/c1-18-9-11-21(12-10-18)30-26(31)17-34-22-6-4-5-19(13-22)15-28-25(27(32)33)14-20-16-29-24-8-3-2-7-23(20)24/h2-13,16,25,28-29H,14-15,17H2,1H3,(H,30,31)(H,32,33)/t25-/m1/s1. The third-order valence-corrected chi connectivity index (χ3v) is 5.55. The van der Waals surface area contributed by atoms with Crippen LogP contribution in [-0.2, 0) is 22.6 Å². The van der Waals surface area contributed by atoms with Gasteiger partial charge in [-0.1, -0.05) is 48.0 Å². The Bertz CT molecular complexity index is 1280. The molecule has 0 aliphatic carbocycles. The number of fused-ring (bicyclic) bond motifs is 1. The minimum atomic E-state index is -0.912. The van der Waals surface area contributed by atoms with Crippen LogP contribution >= 0.6 is 0 Å². The number of benzene rings is 3. The van der Waals surface area contributed by atoms with Crippen LogP contribution in [0.3, 0.4) is 0 Å². The molecule has 0 fully saturated rings. The zero-order chi connectivity index (χ0) is 23.9. The highest BCUT2D eigenvalue weighted by atomic mass is 16.5. The second kappa shape index (κ2) is 10.7. The normalized spacial score (nSPS) is 11.8. The number of aromatic amines is 1. The largest absolute Gasteiger partial charge is 0.484 e. The molecule has 1 heterocycles. The van der Waals surface area contributed by atoms with Crippen LogP contribution in [0, 0.1) is 6.92 Å². The van der Waals surface area contributed by atoms with Gasteiger partial charge in [-0.3, -0.25) is 9.59 Å². The minimum Gasteiger partial charge on any atom is -0.484 e. The fourth-order valence-electron chi connectivity index (χ4n) is 3.74. The van der Waals surface area contributed by atoms with Gasteiger partial charge in [0.2, 0.25) is 0 Å². The van der Waals surface area contributed by atoms with E-state index in [0.717, 1.165) is 27.6 Å². The predicted octanol–water partition coefficient (Wildman–Crippen LogP) is 4.28. The van der Waals surface area contributed by atoms with Crippen LogP contribution in [0.4, 0.5) is 5.69 Å². The number of anilines is 1. The van der Waals surface area contributed by atoms with E-state index < -0.39 is 12.0 Å². The molecule has 7 nitrogen and oxygen atoms in total. The number of aryl methyl sites for hydroxylation is 1. The summed E-state index contributed by atoms with van der Waals surface area (Å²) in [6.45, 7) is 2.21. The number of carbonyl (C=O) groups is 2. The van der Waals surface area contributed by atoms with Crippen molar-refractivity contribution in [2.24, 2.45) is 0 Å². The lowest BCUT2D eigenvalue weighted by Gasteiger charge is -2.15. The van der Waals surface area contributed by atoms with Crippen molar-refractivity contribution in [2.75, 3.05) is 11.9 Å². The number of aliphatic carboxylic acids is 1. The molecule has 0 aliphatic rings. The third-order valence-electron chi connectivity index (χ3n) is 5.55. The fourth-order valence-corrected chi connectivity index (χ4v) is 3.74. The number of carboxylic acids is 1. The number of aromatic nitrogens is 1. The van der Waals surface area contributed by atoms with Crippen molar-refractivity contribution in [2.45, 2.75) is 25.9 Å². The molecule has 0 spiro atoms. The van der Waals surface area contributed by atoms with E-state index in [1.54, 1.807) is 12.1 Å². The lowest BCUT2D eigenvalue weighted by molar-refractivity contribution is -0.139. The van der Waals surface area contributed by atoms with Crippen LogP contribution in [0.2, 0.25) is 0 Å². The highest BCUT2D eigenvalue weighted by molar-refractivity contribution is 5.91. The van der Waals surface area contributed by atoms with E-state index in [1.807, 2.05) is 73.8 Å². The summed E-state index contributed by atoms with van der Waals surface area (Å²) >= 11 is 0. The molecule has 1 amide bonds. The van der Waals surface area contributed by atoms with Gasteiger partial charge in [-0.25, -0.2) is 0 Å². The first-order chi connectivity index (χ1) is 16.5. The average Bonchev–Trinajstić information content (AvgIpc) is 3.25. The Hall–Kier alpha value is -4.10. The van der Waals surface area contributed by atoms with Crippen molar-refractivity contribution in [1.82, 2.24) is 10.3 Å². The van der Waals surface area contributed by atoms with Crippen LogP contribution in [0.15, 0.2) is 79.0 Å². The lowest BCUT2D eigenvalue weighted by atomic mass is 10.0. The van der Waals surface area contributed by atoms with Gasteiger partial charge in [0.15, 0.2) is 6.61 Å². The lowest BCUT2D eigenvalue weighted by Crippen LogP contribution is -2.38. The molecule has 1 aromatic heterocycles. The minimum absolute atomic E-state index is 0.122. The summed E-state index contributed by atoms with van der Waals surface area (Å²) in [6, 6.07) is 21.9. The number of hydrogen-bond acceptors (Lipinski definition) is 4. The Labute approximate surface area is 197 Å². The Morgan fingerprint density at radius 1 is 1.03 bits per heavy atom. The average molecular weight is 458 g/mol. The number of para-hydroxylation sites is 1. The molecule has 0 saturated carbocycles. The van der Waals surface area contributed by atoms with Crippen molar-refractivity contribution in [1.29, 1.82) is 0 Å². The van der Waals surface area contributed by atoms with Crippen LogP contribution in [0.5, 0.6) is 5.75 Å². The summed E-state index contributed by atoms with van der Waals surface area (Å²) in [5, 5.41) is 16.7. The quantitative estimate of drug-likeness (QED) is 0.285. The maximum absolute atomic E-state index is 12.2. The van der Waals surface area contributed by atoms with Gasteiger partial charge < -0.3 is 25.5 Å². The zero-order valence-corrected chi connectivity index (χ0v) is 18.9. The van der Waals surface area contributed by atoms with Crippen LogP contribution in [0.25, 0.3) is 10.9 Å². The molecule has 1 atom stereocenters. The summed E-state index contributed by atoms with van der Waals surface area (Å²) in [7, 11) is 0. The molecule has 0 bridgehead atoms. The molecule has 4 rings (SSSR count). The van der Waals surface area contributed by atoms with Gasteiger partial charge >= 0.3 is 5.97 Å². The zero-order valence-electron chi connectivity index (χ0n) is 18.9. The number of amides is 1. The third kappa shape index (κ3) is 6.02. The molecule has 3 aromatic carbocycles. The second-order valence-corrected chi connectivity index (χ2v) is 8.19. The molecule has 4 N–H and O–H groups in total. The van der Waals surface area contributed by atoms with Gasteiger partial charge in [-0.2, -0.15) is 0 Å². The van der Waals surface area contributed by atoms with Crippen LogP contribution < -0.4 is 15.4 Å². The van der Waals surface area contributed by atoms with Crippen molar-refractivity contribution in [3.63, 3.8) is 0 Å². The molecule has 7 heteroatoms. The Morgan fingerprint density at radius 3 is 2.62 bits per heavy atom. The monoisotopic (exact) mass is 457 g/mol. The first kappa shape index (κ1) is 23.1. The van der Waals surface area contributed by atoms with Crippen molar-refractivity contribution < 1.29 is 19.4 Å².